The van der Waals surface area contributed by atoms with Crippen molar-refractivity contribution >= 4 is 44.8 Å². The highest BCUT2D eigenvalue weighted by Crippen LogP contribution is 2.27. The highest BCUT2D eigenvalue weighted by molar-refractivity contribution is 9.11. The van der Waals surface area contributed by atoms with E-state index in [1.807, 2.05) is 0 Å². The van der Waals surface area contributed by atoms with Gasteiger partial charge in [0.1, 0.15) is 12.4 Å². The van der Waals surface area contributed by atoms with E-state index in [2.05, 4.69) is 15.9 Å². The second kappa shape index (κ2) is 7.49. The van der Waals surface area contributed by atoms with E-state index in [4.69, 9.17) is 4.74 Å². The molecule has 0 saturated carbocycles. The number of nitro benzene ring substituents is 1. The van der Waals surface area contributed by atoms with Crippen molar-refractivity contribution < 1.29 is 23.6 Å². The largest absolute Gasteiger partial charge is 0.418 e. The summed E-state index contributed by atoms with van der Waals surface area (Å²) < 4.78 is 18.8. The van der Waals surface area contributed by atoms with Gasteiger partial charge in [-0.15, -0.1) is 11.3 Å². The van der Waals surface area contributed by atoms with E-state index < -0.39 is 40.6 Å². The normalized spacial score (nSPS) is 10.3. The first-order chi connectivity index (χ1) is 11.3. The zero-order valence-corrected chi connectivity index (χ0v) is 14.6. The van der Waals surface area contributed by atoms with Gasteiger partial charge in [-0.25, -0.2) is 9.18 Å². The molecule has 1 amide bonds. The summed E-state index contributed by atoms with van der Waals surface area (Å²) in [5, 5.41) is 10.9. The Morgan fingerprint density at radius 3 is 2.67 bits per heavy atom. The van der Waals surface area contributed by atoms with Gasteiger partial charge in [0.05, 0.1) is 13.6 Å². The van der Waals surface area contributed by atoms with Crippen molar-refractivity contribution in [2.75, 3.05) is 13.6 Å². The predicted molar refractivity (Wildman–Crippen MR) is 87.7 cm³/mol. The van der Waals surface area contributed by atoms with E-state index >= 15 is 0 Å². The Balaban J connectivity index is 2.07. The van der Waals surface area contributed by atoms with Crippen molar-refractivity contribution in [3.8, 4) is 5.75 Å². The van der Waals surface area contributed by atoms with Crippen LogP contribution in [0.5, 0.6) is 5.75 Å². The van der Waals surface area contributed by atoms with E-state index in [9.17, 15) is 24.1 Å². The summed E-state index contributed by atoms with van der Waals surface area (Å²) in [5.74, 6) is -2.62. The third kappa shape index (κ3) is 4.36. The Bertz CT molecular complexity index is 810. The number of hydrogen-bond donors (Lipinski definition) is 0. The highest BCUT2D eigenvalue weighted by Gasteiger charge is 2.22. The monoisotopic (exact) mass is 416 g/mol. The number of hydrogen-bond acceptors (Lipinski definition) is 6. The molecule has 126 valence electrons. The number of carbonyl (C=O) groups excluding carboxylic acids is 2. The number of carbonyl (C=O) groups is 2. The Kier molecular flexibility index (Phi) is 5.62. The number of esters is 1. The smallest absolute Gasteiger partial charge is 0.331 e. The number of amides is 1. The van der Waals surface area contributed by atoms with E-state index in [0.717, 1.165) is 26.9 Å². The highest BCUT2D eigenvalue weighted by atomic mass is 79.9. The summed E-state index contributed by atoms with van der Waals surface area (Å²) in [4.78, 5) is 35.6. The van der Waals surface area contributed by atoms with Crippen molar-refractivity contribution in [3.63, 3.8) is 0 Å². The molecule has 2 rings (SSSR count). The van der Waals surface area contributed by atoms with Gasteiger partial charge in [0.15, 0.2) is 0 Å². The van der Waals surface area contributed by atoms with Gasteiger partial charge in [-0.05, 0) is 34.1 Å². The van der Waals surface area contributed by atoms with Crippen LogP contribution < -0.4 is 4.74 Å². The third-order valence-corrected chi connectivity index (χ3v) is 4.45. The lowest BCUT2D eigenvalue weighted by Crippen LogP contribution is -2.33. The number of thiophene rings is 1. The summed E-state index contributed by atoms with van der Waals surface area (Å²) >= 11 is 4.43. The molecule has 0 fully saturated rings. The van der Waals surface area contributed by atoms with Crippen LogP contribution in [0.1, 0.15) is 9.67 Å². The van der Waals surface area contributed by atoms with Gasteiger partial charge in [-0.1, -0.05) is 0 Å². The first kappa shape index (κ1) is 18.0. The summed E-state index contributed by atoms with van der Waals surface area (Å²) in [6.07, 6.45) is 0. The molecule has 0 aliphatic carbocycles. The summed E-state index contributed by atoms with van der Waals surface area (Å²) in [6.45, 7) is -0.442. The van der Waals surface area contributed by atoms with Crippen molar-refractivity contribution in [3.05, 3.63) is 54.9 Å². The maximum atomic E-state index is 13.2. The van der Waals surface area contributed by atoms with Crippen LogP contribution in [0.2, 0.25) is 0 Å². The predicted octanol–water partition coefficient (Wildman–Crippen LogP) is 3.24. The molecule has 1 aromatic carbocycles. The number of nitrogens with zero attached hydrogens (tertiary/aromatic N) is 2. The molecule has 0 aliphatic rings. The van der Waals surface area contributed by atoms with Gasteiger partial charge in [0.2, 0.25) is 5.75 Å². The summed E-state index contributed by atoms with van der Waals surface area (Å²) in [7, 11) is 1.39. The lowest BCUT2D eigenvalue weighted by Gasteiger charge is -2.15. The molecule has 0 saturated heterocycles. The number of benzene rings is 1. The quantitative estimate of drug-likeness (QED) is 0.323. The molecule has 24 heavy (non-hydrogen) atoms. The Morgan fingerprint density at radius 2 is 2.08 bits per heavy atom. The minimum absolute atomic E-state index is 0.406. The maximum Gasteiger partial charge on any atom is 0.331 e. The zero-order chi connectivity index (χ0) is 17.9. The minimum Gasteiger partial charge on any atom is -0.418 e. The van der Waals surface area contributed by atoms with Crippen molar-refractivity contribution in [2.45, 2.75) is 0 Å². The molecule has 1 heterocycles. The maximum absolute atomic E-state index is 13.2. The summed E-state index contributed by atoms with van der Waals surface area (Å²) in [6, 6.07) is 5.82. The fraction of sp³-hybridized carbons (Fsp3) is 0.143. The third-order valence-electron chi connectivity index (χ3n) is 2.84. The van der Waals surface area contributed by atoms with Crippen LogP contribution >= 0.6 is 27.3 Å². The van der Waals surface area contributed by atoms with Crippen LogP contribution in [0, 0.1) is 15.9 Å². The van der Waals surface area contributed by atoms with Crippen LogP contribution in [0.4, 0.5) is 10.1 Å². The second-order valence-corrected chi connectivity index (χ2v) is 7.07. The molecule has 10 heteroatoms. The summed E-state index contributed by atoms with van der Waals surface area (Å²) in [5.41, 5.74) is -0.541. The van der Waals surface area contributed by atoms with Crippen LogP contribution in [-0.4, -0.2) is 35.3 Å². The fourth-order valence-corrected chi connectivity index (χ4v) is 3.14. The SMILES string of the molecule is CN(CC(=O)Oc1cc(F)ccc1[N+](=O)[O-])C(=O)c1ccc(Br)s1. The van der Waals surface area contributed by atoms with Gasteiger partial charge in [0, 0.05) is 19.2 Å². The van der Waals surface area contributed by atoms with Crippen LogP contribution in [0.15, 0.2) is 34.1 Å². The zero-order valence-electron chi connectivity index (χ0n) is 12.2. The van der Waals surface area contributed by atoms with E-state index in [1.54, 1.807) is 12.1 Å². The molecule has 0 spiro atoms. The van der Waals surface area contributed by atoms with Crippen LogP contribution in [0.25, 0.3) is 0 Å². The van der Waals surface area contributed by atoms with Gasteiger partial charge < -0.3 is 9.64 Å². The number of ether oxygens (including phenoxy) is 1. The lowest BCUT2D eigenvalue weighted by molar-refractivity contribution is -0.385. The average Bonchev–Trinajstić information content (AvgIpc) is 2.92. The molecule has 0 atom stereocenters. The second-order valence-electron chi connectivity index (χ2n) is 4.61. The molecule has 1 aromatic heterocycles. The van der Waals surface area contributed by atoms with Crippen LogP contribution in [-0.2, 0) is 4.79 Å². The molecule has 2 aromatic rings. The average molecular weight is 417 g/mol. The van der Waals surface area contributed by atoms with Crippen LogP contribution in [0.3, 0.4) is 0 Å². The molecular formula is C14H10BrFN2O5S. The van der Waals surface area contributed by atoms with Gasteiger partial charge in [-0.2, -0.15) is 0 Å². The van der Waals surface area contributed by atoms with Crippen molar-refractivity contribution in [2.24, 2.45) is 0 Å². The van der Waals surface area contributed by atoms with E-state index in [1.165, 1.54) is 18.4 Å². The van der Waals surface area contributed by atoms with E-state index in [0.29, 0.717) is 4.88 Å². The molecule has 7 nitrogen and oxygen atoms in total. The van der Waals surface area contributed by atoms with Gasteiger partial charge in [-0.3, -0.25) is 14.9 Å². The Hall–Kier alpha value is -2.33. The van der Waals surface area contributed by atoms with E-state index in [-0.39, 0.29) is 0 Å². The van der Waals surface area contributed by atoms with Crippen molar-refractivity contribution in [1.82, 2.24) is 4.90 Å². The van der Waals surface area contributed by atoms with Gasteiger partial charge in [0.25, 0.3) is 5.91 Å². The number of rotatable bonds is 5. The lowest BCUT2D eigenvalue weighted by atomic mass is 10.3. The molecule has 0 unspecified atom stereocenters. The molecule has 0 radical (unpaired) electrons. The van der Waals surface area contributed by atoms with Gasteiger partial charge >= 0.3 is 11.7 Å². The first-order valence-electron chi connectivity index (χ1n) is 6.43. The number of halogens is 2. The molecule has 0 N–H and O–H groups in total. The number of nitro groups is 1. The fourth-order valence-electron chi connectivity index (χ4n) is 1.76. The first-order valence-corrected chi connectivity index (χ1v) is 8.04. The molecule has 0 aliphatic heterocycles. The molecular weight excluding hydrogens is 407 g/mol. The van der Waals surface area contributed by atoms with Crippen molar-refractivity contribution in [1.29, 1.82) is 0 Å². The standard InChI is InChI=1S/C14H10BrFN2O5S/c1-17(14(20)11-4-5-12(15)24-11)7-13(19)23-10-6-8(16)2-3-9(10)18(21)22/h2-6H,7H2,1H3. The minimum atomic E-state index is -0.921. The topological polar surface area (TPSA) is 89.8 Å². The Morgan fingerprint density at radius 1 is 1.38 bits per heavy atom. The molecule has 0 bridgehead atoms. The number of likely N-dealkylation sites (N-methyl/N-ethyl adjacent to an activating group) is 1. The Labute approximate surface area is 147 Å².